The second kappa shape index (κ2) is 5.71. The Morgan fingerprint density at radius 3 is 2.52 bits per heavy atom. The van der Waals surface area contributed by atoms with Gasteiger partial charge in [-0.2, -0.15) is 15.8 Å². The minimum Gasteiger partial charge on any atom is -0.305 e. The Morgan fingerprint density at radius 2 is 2.00 bits per heavy atom. The lowest BCUT2D eigenvalue weighted by Gasteiger charge is -2.46. The van der Waals surface area contributed by atoms with Gasteiger partial charge in [0.2, 0.25) is 0 Å². The van der Waals surface area contributed by atoms with Crippen LogP contribution in [-0.4, -0.2) is 5.71 Å². The highest BCUT2D eigenvalue weighted by molar-refractivity contribution is 5.99. The fraction of sp³-hybridized carbons (Fsp3) is 0.647. The van der Waals surface area contributed by atoms with E-state index in [-0.39, 0.29) is 17.5 Å². The summed E-state index contributed by atoms with van der Waals surface area (Å²) in [5.41, 5.74) is -0.458. The Hall–Kier alpha value is -2.12. The van der Waals surface area contributed by atoms with Crippen LogP contribution in [-0.2, 0) is 0 Å². The fourth-order valence-electron chi connectivity index (χ4n) is 3.96. The van der Waals surface area contributed by atoms with Crippen LogP contribution in [0.25, 0.3) is 0 Å². The van der Waals surface area contributed by atoms with Gasteiger partial charge < -0.3 is 5.41 Å². The van der Waals surface area contributed by atoms with Crippen LogP contribution in [0.15, 0.2) is 11.6 Å². The van der Waals surface area contributed by atoms with E-state index in [9.17, 15) is 15.8 Å². The highest BCUT2D eigenvalue weighted by Crippen LogP contribution is 2.52. The van der Waals surface area contributed by atoms with Crippen molar-refractivity contribution in [2.45, 2.75) is 39.5 Å². The minimum absolute atomic E-state index is 0.00879. The molecule has 0 aromatic rings. The largest absolute Gasteiger partial charge is 0.305 e. The van der Waals surface area contributed by atoms with Gasteiger partial charge in [-0.15, -0.1) is 0 Å². The molecule has 1 saturated carbocycles. The molecule has 1 N–H and O–H groups in total. The number of rotatable bonds is 2. The highest BCUT2D eigenvalue weighted by Gasteiger charge is 2.56. The summed E-state index contributed by atoms with van der Waals surface area (Å²) in [4.78, 5) is 0. The summed E-state index contributed by atoms with van der Waals surface area (Å²) in [7, 11) is 0. The number of hydrogen-bond donors (Lipinski definition) is 1. The van der Waals surface area contributed by atoms with Gasteiger partial charge in [0.1, 0.15) is 5.92 Å². The predicted octanol–water partition coefficient (Wildman–Crippen LogP) is 3.58. The Bertz CT molecular complexity index is 582. The molecule has 4 heteroatoms. The number of nitrogens with one attached hydrogen (secondary N) is 1. The Morgan fingerprint density at radius 1 is 1.33 bits per heavy atom. The summed E-state index contributed by atoms with van der Waals surface area (Å²) in [5, 5.41) is 37.1. The molecule has 0 aromatic carbocycles. The fourth-order valence-corrected chi connectivity index (χ4v) is 3.96. The molecular formula is C17H20N4. The molecule has 0 radical (unpaired) electrons. The molecular weight excluding hydrogens is 260 g/mol. The molecule has 0 spiro atoms. The molecule has 4 atom stereocenters. The quantitative estimate of drug-likeness (QED) is 0.783. The monoisotopic (exact) mass is 280 g/mol. The van der Waals surface area contributed by atoms with E-state index in [2.05, 4.69) is 31.2 Å². The van der Waals surface area contributed by atoms with Crippen LogP contribution in [0.3, 0.4) is 0 Å². The Labute approximate surface area is 126 Å². The second-order valence-electron chi connectivity index (χ2n) is 6.29. The van der Waals surface area contributed by atoms with Gasteiger partial charge in [-0.1, -0.05) is 26.3 Å². The summed E-state index contributed by atoms with van der Waals surface area (Å²) in [5.74, 6) is -0.273. The molecule has 4 nitrogen and oxygen atoms in total. The number of nitrogens with zero attached hydrogens (tertiary/aromatic N) is 3. The van der Waals surface area contributed by atoms with Gasteiger partial charge in [0, 0.05) is 5.92 Å². The topological polar surface area (TPSA) is 95.2 Å². The van der Waals surface area contributed by atoms with Crippen LogP contribution < -0.4 is 0 Å². The van der Waals surface area contributed by atoms with Crippen LogP contribution in [0.4, 0.5) is 0 Å². The van der Waals surface area contributed by atoms with Crippen molar-refractivity contribution in [3.63, 3.8) is 0 Å². The maximum absolute atomic E-state index is 9.64. The molecule has 108 valence electrons. The molecule has 2 aliphatic carbocycles. The zero-order valence-electron chi connectivity index (χ0n) is 12.6. The van der Waals surface area contributed by atoms with Gasteiger partial charge in [0.15, 0.2) is 5.41 Å². The molecule has 0 heterocycles. The van der Waals surface area contributed by atoms with E-state index in [1.54, 1.807) is 0 Å². The van der Waals surface area contributed by atoms with Crippen LogP contribution in [0.5, 0.6) is 0 Å². The van der Waals surface area contributed by atoms with Crippen molar-refractivity contribution in [1.82, 2.24) is 0 Å². The zero-order valence-corrected chi connectivity index (χ0v) is 12.6. The van der Waals surface area contributed by atoms with Crippen LogP contribution in [0.2, 0.25) is 0 Å². The van der Waals surface area contributed by atoms with Gasteiger partial charge in [-0.3, -0.25) is 0 Å². The van der Waals surface area contributed by atoms with Crippen molar-refractivity contribution in [1.29, 1.82) is 21.2 Å². The molecule has 0 aromatic heterocycles. The highest BCUT2D eigenvalue weighted by atomic mass is 14.6. The van der Waals surface area contributed by atoms with Gasteiger partial charge >= 0.3 is 0 Å². The smallest absolute Gasteiger partial charge is 0.185 e. The first-order valence-electron chi connectivity index (χ1n) is 7.56. The molecule has 2 rings (SSSR count). The van der Waals surface area contributed by atoms with Crippen molar-refractivity contribution < 1.29 is 0 Å². The predicted molar refractivity (Wildman–Crippen MR) is 78.9 cm³/mol. The van der Waals surface area contributed by atoms with Crippen LogP contribution >= 0.6 is 0 Å². The number of allylic oxidation sites excluding steroid dienone is 2. The summed E-state index contributed by atoms with van der Waals surface area (Å²) in [6, 6.07) is 6.36. The third-order valence-electron chi connectivity index (χ3n) is 5.01. The molecule has 1 fully saturated rings. The standard InChI is InChI=1S/C17H20N4/c1-3-4-15-13-7-11(2)5-6-12(13)14(8-18)16(21)17(15,9-19)10-20/h6,11,13-15,21H,3-5,7H2,1-2H3/t11-,13-,14+,15-/m1/s1. The van der Waals surface area contributed by atoms with Gasteiger partial charge in [0.05, 0.1) is 23.9 Å². The first kappa shape index (κ1) is 15.3. The van der Waals surface area contributed by atoms with Gasteiger partial charge in [-0.25, -0.2) is 0 Å². The number of hydrogen-bond acceptors (Lipinski definition) is 4. The maximum Gasteiger partial charge on any atom is 0.185 e. The third kappa shape index (κ3) is 2.14. The molecule has 0 saturated heterocycles. The Balaban J connectivity index is 2.60. The lowest BCUT2D eigenvalue weighted by Crippen LogP contribution is -2.50. The van der Waals surface area contributed by atoms with Crippen molar-refractivity contribution in [3.05, 3.63) is 11.6 Å². The average molecular weight is 280 g/mol. The van der Waals surface area contributed by atoms with E-state index in [0.717, 1.165) is 31.3 Å². The molecule has 2 aliphatic rings. The molecule has 0 amide bonds. The van der Waals surface area contributed by atoms with E-state index in [1.807, 2.05) is 6.92 Å². The summed E-state index contributed by atoms with van der Waals surface area (Å²) in [6.07, 6.45) is 5.53. The molecule has 21 heavy (non-hydrogen) atoms. The van der Waals surface area contributed by atoms with E-state index in [1.165, 1.54) is 0 Å². The van der Waals surface area contributed by atoms with Gasteiger partial charge in [0.25, 0.3) is 0 Å². The van der Waals surface area contributed by atoms with Crippen LogP contribution in [0, 0.1) is 68.5 Å². The summed E-state index contributed by atoms with van der Waals surface area (Å²) in [6.45, 7) is 4.20. The zero-order chi connectivity index (χ0) is 15.6. The van der Waals surface area contributed by atoms with Crippen molar-refractivity contribution in [2.75, 3.05) is 0 Å². The SMILES string of the molecule is CCC[C@@H]1[C@@H]2C[C@H](C)CC=C2[C@H](C#N)C(=N)C1(C#N)C#N. The average Bonchev–Trinajstić information content (AvgIpc) is 2.49. The lowest BCUT2D eigenvalue weighted by molar-refractivity contribution is 0.203. The van der Waals surface area contributed by atoms with E-state index in [0.29, 0.717) is 5.92 Å². The minimum atomic E-state index is -1.44. The molecule has 0 aliphatic heterocycles. The lowest BCUT2D eigenvalue weighted by atomic mass is 9.53. The van der Waals surface area contributed by atoms with Crippen molar-refractivity contribution in [2.24, 2.45) is 29.1 Å². The molecule has 0 bridgehead atoms. The first-order valence-corrected chi connectivity index (χ1v) is 7.56. The van der Waals surface area contributed by atoms with Crippen molar-refractivity contribution >= 4 is 5.71 Å². The van der Waals surface area contributed by atoms with E-state index >= 15 is 0 Å². The van der Waals surface area contributed by atoms with E-state index < -0.39 is 11.3 Å². The number of fused-ring (bicyclic) bond motifs is 1. The van der Waals surface area contributed by atoms with E-state index in [4.69, 9.17) is 5.41 Å². The van der Waals surface area contributed by atoms with Gasteiger partial charge in [-0.05, 0) is 36.7 Å². The van der Waals surface area contributed by atoms with Crippen LogP contribution in [0.1, 0.15) is 39.5 Å². The normalized spacial score (nSPS) is 33.9. The van der Waals surface area contributed by atoms with Crippen molar-refractivity contribution in [3.8, 4) is 18.2 Å². The second-order valence-corrected chi connectivity index (χ2v) is 6.29. The number of nitriles is 3. The summed E-state index contributed by atoms with van der Waals surface area (Å²) >= 11 is 0. The molecule has 0 unspecified atom stereocenters. The third-order valence-corrected chi connectivity index (χ3v) is 5.01. The first-order chi connectivity index (χ1) is 10.1. The Kier molecular flexibility index (Phi) is 4.15. The maximum atomic E-state index is 9.64. The summed E-state index contributed by atoms with van der Waals surface area (Å²) < 4.78 is 0.